The summed E-state index contributed by atoms with van der Waals surface area (Å²) >= 11 is 0. The highest BCUT2D eigenvalue weighted by Gasteiger charge is 2.20. The lowest BCUT2D eigenvalue weighted by Crippen LogP contribution is -3.23. The van der Waals surface area contributed by atoms with Crippen LogP contribution in [0.25, 0.3) is 0 Å². The van der Waals surface area contributed by atoms with Gasteiger partial charge in [0.05, 0.1) is 102 Å². The SMILES string of the molecule is N#CCC[NH+]1CCC[NH+](CCC#N)CC[NH+](CCC#N)CCC[NH+](CCC#N)CC1. The standard InChI is InChI=1S/C22H36N8/c23-7-1-11-27-15-5-16-29(13-3-9-25)21-22-30(14-4-10-26)18-6-17-28(20-19-27)12-2-8-24/h1-6,11-22H2/p+4. The highest BCUT2D eigenvalue weighted by atomic mass is 15.2. The number of hydrogen-bond donors (Lipinski definition) is 4. The van der Waals surface area contributed by atoms with Gasteiger partial charge in [-0.15, -0.1) is 0 Å². The lowest BCUT2D eigenvalue weighted by Gasteiger charge is -2.27. The molecule has 8 heteroatoms. The van der Waals surface area contributed by atoms with E-state index in [2.05, 4.69) is 24.3 Å². The van der Waals surface area contributed by atoms with Crippen LogP contribution in [0.1, 0.15) is 38.5 Å². The predicted molar refractivity (Wildman–Crippen MR) is 112 cm³/mol. The van der Waals surface area contributed by atoms with Gasteiger partial charge in [-0.2, -0.15) is 21.0 Å². The number of rotatable bonds is 8. The lowest BCUT2D eigenvalue weighted by atomic mass is 10.2. The van der Waals surface area contributed by atoms with Crippen LogP contribution in [0, 0.1) is 45.3 Å². The van der Waals surface area contributed by atoms with Gasteiger partial charge in [0.2, 0.25) is 0 Å². The van der Waals surface area contributed by atoms with E-state index in [4.69, 9.17) is 21.0 Å². The summed E-state index contributed by atoms with van der Waals surface area (Å²) in [5, 5.41) is 36.0. The van der Waals surface area contributed by atoms with Crippen LogP contribution < -0.4 is 19.6 Å². The summed E-state index contributed by atoms with van der Waals surface area (Å²) < 4.78 is 0. The molecule has 8 nitrogen and oxygen atoms in total. The lowest BCUT2D eigenvalue weighted by molar-refractivity contribution is -0.975. The third-order valence-electron chi connectivity index (χ3n) is 6.15. The Kier molecular flexibility index (Phi) is 15.2. The van der Waals surface area contributed by atoms with E-state index in [1.165, 1.54) is 19.6 Å². The average Bonchev–Trinajstić information content (AvgIpc) is 2.76. The Balaban J connectivity index is 2.78. The van der Waals surface area contributed by atoms with Crippen LogP contribution in [0.2, 0.25) is 0 Å². The maximum Gasteiger partial charge on any atom is 0.127 e. The van der Waals surface area contributed by atoms with Gasteiger partial charge in [0.1, 0.15) is 26.2 Å². The van der Waals surface area contributed by atoms with Gasteiger partial charge in [-0.25, -0.2) is 0 Å². The summed E-state index contributed by atoms with van der Waals surface area (Å²) in [5.41, 5.74) is 0. The topological polar surface area (TPSA) is 113 Å². The van der Waals surface area contributed by atoms with Gasteiger partial charge in [-0.1, -0.05) is 0 Å². The third kappa shape index (κ3) is 12.4. The van der Waals surface area contributed by atoms with Crippen molar-refractivity contribution in [3.05, 3.63) is 0 Å². The zero-order valence-electron chi connectivity index (χ0n) is 18.5. The molecule has 4 unspecified atom stereocenters. The molecule has 164 valence electrons. The second kappa shape index (κ2) is 17.6. The van der Waals surface area contributed by atoms with E-state index < -0.39 is 0 Å². The molecule has 4 atom stereocenters. The minimum atomic E-state index is 0.588. The fourth-order valence-corrected chi connectivity index (χ4v) is 4.31. The molecular weight excluding hydrogens is 376 g/mol. The van der Waals surface area contributed by atoms with Crippen LogP contribution >= 0.6 is 0 Å². The van der Waals surface area contributed by atoms with E-state index in [0.717, 1.165) is 91.4 Å². The van der Waals surface area contributed by atoms with Gasteiger partial charge in [0.15, 0.2) is 0 Å². The fourth-order valence-electron chi connectivity index (χ4n) is 4.31. The van der Waals surface area contributed by atoms with Crippen LogP contribution in [0.4, 0.5) is 0 Å². The third-order valence-corrected chi connectivity index (χ3v) is 6.15. The number of nitrogens with one attached hydrogen (secondary N) is 4. The van der Waals surface area contributed by atoms with Crippen LogP contribution in [0.5, 0.6) is 0 Å². The van der Waals surface area contributed by atoms with E-state index in [1.54, 1.807) is 0 Å². The molecule has 1 aliphatic heterocycles. The Morgan fingerprint density at radius 3 is 0.833 bits per heavy atom. The largest absolute Gasteiger partial charge is 0.329 e. The maximum atomic E-state index is 9.01. The monoisotopic (exact) mass is 416 g/mol. The highest BCUT2D eigenvalue weighted by molar-refractivity contribution is 4.68. The number of nitriles is 4. The van der Waals surface area contributed by atoms with Gasteiger partial charge in [-0.05, 0) is 0 Å². The molecule has 0 aromatic rings. The Bertz CT molecular complexity index is 503. The van der Waals surface area contributed by atoms with Crippen molar-refractivity contribution in [2.24, 2.45) is 0 Å². The van der Waals surface area contributed by atoms with E-state index in [1.807, 2.05) is 0 Å². The highest BCUT2D eigenvalue weighted by Crippen LogP contribution is 1.76. The molecule has 1 rings (SSSR count). The van der Waals surface area contributed by atoms with Crippen molar-refractivity contribution >= 4 is 0 Å². The Morgan fingerprint density at radius 1 is 0.400 bits per heavy atom. The molecule has 0 aromatic heterocycles. The molecule has 1 fully saturated rings. The fraction of sp³-hybridized carbons (Fsp3) is 0.818. The predicted octanol–water partition coefficient (Wildman–Crippen LogP) is -4.03. The first kappa shape index (κ1) is 25.8. The van der Waals surface area contributed by atoms with E-state index in [0.29, 0.717) is 25.7 Å². The van der Waals surface area contributed by atoms with Gasteiger partial charge >= 0.3 is 0 Å². The van der Waals surface area contributed by atoms with Gasteiger partial charge in [0, 0.05) is 12.8 Å². The van der Waals surface area contributed by atoms with Gasteiger partial charge in [-0.3, -0.25) is 0 Å². The molecule has 0 amide bonds. The molecule has 0 saturated carbocycles. The van der Waals surface area contributed by atoms with Gasteiger partial charge < -0.3 is 19.6 Å². The molecule has 0 aromatic carbocycles. The minimum Gasteiger partial charge on any atom is -0.329 e. The first-order chi connectivity index (χ1) is 14.7. The molecule has 30 heavy (non-hydrogen) atoms. The summed E-state index contributed by atoms with van der Waals surface area (Å²) in [7, 11) is 0. The molecule has 1 heterocycles. The van der Waals surface area contributed by atoms with Crippen LogP contribution in [-0.2, 0) is 0 Å². The molecule has 0 bridgehead atoms. The summed E-state index contributed by atoms with van der Waals surface area (Å²) in [6.45, 7) is 12.0. The maximum absolute atomic E-state index is 9.01. The second-order valence-electron chi connectivity index (χ2n) is 8.34. The summed E-state index contributed by atoms with van der Waals surface area (Å²) in [6.07, 6.45) is 4.55. The Labute approximate surface area is 182 Å². The average molecular weight is 417 g/mol. The molecular formula is C22H40N8+4. The van der Waals surface area contributed by atoms with Crippen molar-refractivity contribution in [1.82, 2.24) is 0 Å². The minimum absolute atomic E-state index is 0.588. The quantitative estimate of drug-likeness (QED) is 0.323. The Morgan fingerprint density at radius 2 is 0.633 bits per heavy atom. The molecule has 1 aliphatic rings. The van der Waals surface area contributed by atoms with Crippen molar-refractivity contribution in [3.8, 4) is 24.3 Å². The van der Waals surface area contributed by atoms with Crippen LogP contribution in [0.3, 0.4) is 0 Å². The van der Waals surface area contributed by atoms with E-state index in [-0.39, 0.29) is 0 Å². The molecule has 1 saturated heterocycles. The van der Waals surface area contributed by atoms with Crippen LogP contribution in [-0.4, -0.2) is 78.5 Å². The van der Waals surface area contributed by atoms with Crippen molar-refractivity contribution in [3.63, 3.8) is 0 Å². The van der Waals surface area contributed by atoms with Crippen molar-refractivity contribution in [2.45, 2.75) is 38.5 Å². The molecule has 0 radical (unpaired) electrons. The number of nitrogens with zero attached hydrogens (tertiary/aromatic N) is 4. The zero-order chi connectivity index (χ0) is 21.9. The normalized spacial score (nSPS) is 26.3. The van der Waals surface area contributed by atoms with E-state index in [9.17, 15) is 0 Å². The van der Waals surface area contributed by atoms with E-state index >= 15 is 0 Å². The Hall–Kier alpha value is -2.20. The number of quaternary nitrogens is 4. The first-order valence-corrected chi connectivity index (χ1v) is 11.6. The first-order valence-electron chi connectivity index (χ1n) is 11.6. The number of hydrogen-bond acceptors (Lipinski definition) is 4. The van der Waals surface area contributed by atoms with Crippen molar-refractivity contribution < 1.29 is 19.6 Å². The van der Waals surface area contributed by atoms with Crippen molar-refractivity contribution in [2.75, 3.05) is 78.5 Å². The molecule has 0 spiro atoms. The summed E-state index contributed by atoms with van der Waals surface area (Å²) in [5.74, 6) is 0. The molecule has 0 aliphatic carbocycles. The molecule has 4 N–H and O–H groups in total. The van der Waals surface area contributed by atoms with Crippen molar-refractivity contribution in [1.29, 1.82) is 21.0 Å². The van der Waals surface area contributed by atoms with Crippen LogP contribution in [0.15, 0.2) is 0 Å². The zero-order valence-corrected chi connectivity index (χ0v) is 18.5. The second-order valence-corrected chi connectivity index (χ2v) is 8.34. The summed E-state index contributed by atoms with van der Waals surface area (Å²) in [6, 6.07) is 9.14. The smallest absolute Gasteiger partial charge is 0.127 e. The summed E-state index contributed by atoms with van der Waals surface area (Å²) in [4.78, 5) is 5.96. The van der Waals surface area contributed by atoms with Gasteiger partial charge in [0.25, 0.3) is 0 Å².